The second kappa shape index (κ2) is 19.3. The Morgan fingerprint density at radius 1 is 0.809 bits per heavy atom. The molecule has 2 fully saturated rings. The van der Waals surface area contributed by atoms with E-state index in [1.165, 1.54) is 13.8 Å². The summed E-state index contributed by atoms with van der Waals surface area (Å²) < 4.78 is 38.4. The summed E-state index contributed by atoms with van der Waals surface area (Å²) in [7, 11) is -2.72. The Bertz CT molecular complexity index is 2460. The quantitative estimate of drug-likeness (QED) is 0.0658. The topological polar surface area (TPSA) is 190 Å². The summed E-state index contributed by atoms with van der Waals surface area (Å²) >= 11 is 0. The van der Waals surface area contributed by atoms with E-state index in [9.17, 15) is 24.3 Å². The van der Waals surface area contributed by atoms with Crippen LogP contribution in [0.2, 0.25) is 18.1 Å². The normalized spacial score (nSPS) is 29.0. The molecular weight excluding hydrogens is 887 g/mol. The van der Waals surface area contributed by atoms with Gasteiger partial charge in [-0.3, -0.25) is 19.2 Å². The molecule has 3 aromatic carbocycles. The van der Waals surface area contributed by atoms with Crippen LogP contribution in [0.25, 0.3) is 0 Å². The highest BCUT2D eigenvalue weighted by Gasteiger charge is 2.75. The van der Waals surface area contributed by atoms with Gasteiger partial charge in [-0.05, 0) is 73.0 Å². The minimum Gasteiger partial charge on any atom is -0.456 e. The van der Waals surface area contributed by atoms with Crippen LogP contribution in [0.1, 0.15) is 101 Å². The highest BCUT2D eigenvalue weighted by molar-refractivity contribution is 6.73. The van der Waals surface area contributed by atoms with E-state index in [0.29, 0.717) is 34.8 Å². The van der Waals surface area contributed by atoms with Crippen molar-refractivity contribution in [3.8, 4) is 0 Å². The van der Waals surface area contributed by atoms with Gasteiger partial charge in [0.25, 0.3) is 5.91 Å². The zero-order valence-corrected chi connectivity index (χ0v) is 41.2. The van der Waals surface area contributed by atoms with Crippen molar-refractivity contribution in [2.75, 3.05) is 6.61 Å². The molecule has 7 rings (SSSR count). The Morgan fingerprint density at radius 2 is 1.38 bits per heavy atom. The third-order valence-electron chi connectivity index (χ3n) is 15.2. The van der Waals surface area contributed by atoms with E-state index in [-0.39, 0.29) is 17.7 Å². The van der Waals surface area contributed by atoms with Gasteiger partial charge in [0, 0.05) is 31.2 Å². The fourth-order valence-corrected chi connectivity index (χ4v) is 13.9. The number of carbonyl (C=O) groups is 6. The zero-order valence-electron chi connectivity index (χ0n) is 40.2. The smallest absolute Gasteiger partial charge is 0.338 e. The van der Waals surface area contributed by atoms with Gasteiger partial charge < -0.3 is 38.5 Å². The maximum atomic E-state index is 15.7. The lowest BCUT2D eigenvalue weighted by atomic mass is 9.46. The fourth-order valence-electron chi connectivity index (χ4n) is 11.1. The maximum Gasteiger partial charge on any atom is 0.338 e. The van der Waals surface area contributed by atoms with Crippen molar-refractivity contribution in [3.63, 3.8) is 0 Å². The first-order valence-corrected chi connectivity index (χ1v) is 26.0. The van der Waals surface area contributed by atoms with Crippen LogP contribution in [0, 0.1) is 16.7 Å². The second-order valence-electron chi connectivity index (χ2n) is 19.2. The van der Waals surface area contributed by atoms with Crippen molar-refractivity contribution < 1.29 is 62.0 Å². The van der Waals surface area contributed by atoms with Crippen LogP contribution in [-0.4, -0.2) is 97.3 Å². The number of hydrogen-bond donors (Lipinski definition) is 2. The average Bonchev–Trinajstić information content (AvgIpc) is 3.31. The number of amides is 1. The number of nitrogens with one attached hydrogen (secondary N) is 1. The molecule has 0 radical (unpaired) electrons. The summed E-state index contributed by atoms with van der Waals surface area (Å²) in [5.41, 5.74) is -5.73. The van der Waals surface area contributed by atoms with Crippen LogP contribution < -0.4 is 5.32 Å². The summed E-state index contributed by atoms with van der Waals surface area (Å²) in [5, 5.41) is 17.1. The van der Waals surface area contributed by atoms with Crippen molar-refractivity contribution >= 4 is 43.9 Å². The summed E-state index contributed by atoms with van der Waals surface area (Å²) in [4.78, 5) is 86.0. The van der Waals surface area contributed by atoms with E-state index >= 15 is 9.59 Å². The van der Waals surface area contributed by atoms with Gasteiger partial charge in [-0.2, -0.15) is 0 Å². The molecule has 0 aromatic heterocycles. The molecule has 4 aliphatic rings. The van der Waals surface area contributed by atoms with E-state index in [4.69, 9.17) is 28.1 Å². The molecule has 1 amide bonds. The number of esters is 4. The Labute approximate surface area is 398 Å². The van der Waals surface area contributed by atoms with E-state index in [2.05, 4.69) is 5.32 Å². The molecule has 362 valence electrons. The molecule has 14 nitrogen and oxygen atoms in total. The molecule has 68 heavy (non-hydrogen) atoms. The minimum atomic E-state index is -2.72. The molecule has 0 unspecified atom stereocenters. The first-order valence-electron chi connectivity index (χ1n) is 23.4. The molecule has 10 atom stereocenters. The molecule has 15 heteroatoms. The average molecular weight is 950 g/mol. The van der Waals surface area contributed by atoms with Crippen LogP contribution in [0.3, 0.4) is 0 Å². The molecule has 1 heterocycles. The van der Waals surface area contributed by atoms with Crippen LogP contribution in [0.4, 0.5) is 0 Å². The van der Waals surface area contributed by atoms with Crippen LogP contribution in [0.5, 0.6) is 0 Å². The molecular formula is C53H63NO13Si. The lowest BCUT2D eigenvalue weighted by Crippen LogP contribution is -2.78. The van der Waals surface area contributed by atoms with Gasteiger partial charge in [0.2, 0.25) is 0 Å². The molecule has 1 saturated heterocycles. The molecule has 1 saturated carbocycles. The Hall–Kier alpha value is -5.74. The number of Topliss-reactive ketones (excluding diaryl/α,β-unsaturated/α-hetero) is 1. The summed E-state index contributed by atoms with van der Waals surface area (Å²) in [6.45, 7) is 14.8. The summed E-state index contributed by atoms with van der Waals surface area (Å²) in [6.07, 6.45) is -4.27. The first kappa shape index (κ1) is 50.1. The van der Waals surface area contributed by atoms with Crippen molar-refractivity contribution in [1.82, 2.24) is 5.32 Å². The van der Waals surface area contributed by atoms with Crippen LogP contribution in [-0.2, 0) is 47.3 Å². The van der Waals surface area contributed by atoms with E-state index < -0.39 is 115 Å². The van der Waals surface area contributed by atoms with E-state index in [1.807, 2.05) is 26.8 Å². The van der Waals surface area contributed by atoms with Gasteiger partial charge in [-0.1, -0.05) is 114 Å². The molecule has 3 aromatic rings. The number of ether oxygens (including phenoxy) is 5. The number of allylic oxidation sites excluding steroid dienone is 1. The Morgan fingerprint density at radius 3 is 1.91 bits per heavy atom. The molecule has 3 aliphatic carbocycles. The largest absolute Gasteiger partial charge is 0.456 e. The predicted molar refractivity (Wildman–Crippen MR) is 252 cm³/mol. The molecule has 2 bridgehead atoms. The number of benzene rings is 3. The predicted octanol–water partition coefficient (Wildman–Crippen LogP) is 7.57. The molecule has 1 aliphatic heterocycles. The number of ketones is 1. The Kier molecular flexibility index (Phi) is 14.3. The summed E-state index contributed by atoms with van der Waals surface area (Å²) in [5.74, 6) is -5.68. The number of rotatable bonds is 15. The van der Waals surface area contributed by atoms with Gasteiger partial charge in [-0.15, -0.1) is 0 Å². The van der Waals surface area contributed by atoms with Gasteiger partial charge >= 0.3 is 23.9 Å². The molecule has 2 N–H and O–H groups in total. The van der Waals surface area contributed by atoms with Gasteiger partial charge in [0.15, 0.2) is 31.9 Å². The second-order valence-corrected chi connectivity index (χ2v) is 24.0. The highest BCUT2D eigenvalue weighted by atomic mass is 28.4. The van der Waals surface area contributed by atoms with Crippen molar-refractivity contribution in [2.24, 2.45) is 16.7 Å². The monoisotopic (exact) mass is 949 g/mol. The molecule has 0 spiro atoms. The van der Waals surface area contributed by atoms with Crippen molar-refractivity contribution in [1.29, 1.82) is 0 Å². The number of carbonyl (C=O) groups excluding carboxylic acids is 6. The number of hydrogen-bond acceptors (Lipinski definition) is 13. The van der Waals surface area contributed by atoms with Gasteiger partial charge in [0.1, 0.15) is 23.9 Å². The SMILES string of the molecule is CC[Si](CC)(CC)O[C@@H](C(=O)O[C@H]1C[C@@]2(O)[C@@H](OC(=O)c3ccccc3)[C@@H]3[C@]4(OC(C)=O)CO[C@@H]4C=C[C@@]3(C)C(=O)[C@H](OC(C)=O)C(=C1C)C2(C)C)[C@@H](NC(=O)c1ccccc1)c1ccccc1. The summed E-state index contributed by atoms with van der Waals surface area (Å²) in [6, 6.07) is 26.6. The van der Waals surface area contributed by atoms with Crippen LogP contribution >= 0.6 is 0 Å². The lowest BCUT2D eigenvalue weighted by molar-refractivity contribution is -0.306. The number of fused-ring (bicyclic) bond motifs is 5. The lowest BCUT2D eigenvalue weighted by Gasteiger charge is -2.65. The fraction of sp³-hybridized carbons (Fsp3) is 0.472. The minimum absolute atomic E-state index is 0.139. The third kappa shape index (κ3) is 8.78. The maximum absolute atomic E-state index is 15.7. The van der Waals surface area contributed by atoms with Crippen LogP contribution in [0.15, 0.2) is 114 Å². The standard InChI is InChI=1S/C53H63NO13Si/c1-10-68(11-2,12-3)67-43(41(35-22-16-13-17-23-35)54-47(58)36-24-18-14-19-25-36)49(60)64-38-30-53(61)46(65-48(59)37-26-20-15-21-27-37)44-51(9,29-28-39-52(44,31-62-39)66-34(6)56)45(57)42(63-33(5)55)40(32(38)4)50(53,7)8/h13-29,38-39,41-44,46,61H,10-12,30-31H2,1-9H3,(H,54,58)/t38-,39+,41-,42+,43+,44-,46-,51+,52-,53+/m0/s1. The third-order valence-corrected chi connectivity index (χ3v) is 19.8. The zero-order chi connectivity index (χ0) is 49.4. The van der Waals surface area contributed by atoms with Gasteiger partial charge in [0.05, 0.1) is 29.5 Å². The van der Waals surface area contributed by atoms with Crippen molar-refractivity contribution in [2.45, 2.75) is 135 Å². The van der Waals surface area contributed by atoms with E-state index in [1.54, 1.807) is 125 Å². The Balaban J connectivity index is 1.43. The number of aliphatic hydroxyl groups is 1. The van der Waals surface area contributed by atoms with Crippen molar-refractivity contribution in [3.05, 3.63) is 131 Å². The van der Waals surface area contributed by atoms with E-state index in [0.717, 1.165) is 0 Å². The van der Waals surface area contributed by atoms with Gasteiger partial charge in [-0.25, -0.2) is 9.59 Å². The first-order chi connectivity index (χ1) is 32.2. The highest BCUT2D eigenvalue weighted by Crippen LogP contribution is 2.63.